The van der Waals surface area contributed by atoms with Crippen LogP contribution >= 0.6 is 0 Å². The zero-order valence-electron chi connectivity index (χ0n) is 11.5. The minimum Gasteiger partial charge on any atom is -0.505 e. The van der Waals surface area contributed by atoms with Gasteiger partial charge in [-0.1, -0.05) is 37.6 Å². The van der Waals surface area contributed by atoms with Gasteiger partial charge in [0.05, 0.1) is 5.56 Å². The van der Waals surface area contributed by atoms with Crippen molar-refractivity contribution in [2.45, 2.75) is 26.7 Å². The number of hydrogen-bond donors (Lipinski definition) is 1. The molecule has 0 atom stereocenters. The Bertz CT molecular complexity index is 660. The molecule has 2 rings (SSSR count). The molecule has 1 heterocycles. The van der Waals surface area contributed by atoms with Crippen LogP contribution in [0.4, 0.5) is 0 Å². The Morgan fingerprint density at radius 3 is 2.63 bits per heavy atom. The van der Waals surface area contributed by atoms with Gasteiger partial charge in [0.25, 0.3) is 5.56 Å². The molecule has 4 nitrogen and oxygen atoms in total. The second-order valence-corrected chi connectivity index (χ2v) is 4.66. The summed E-state index contributed by atoms with van der Waals surface area (Å²) in [5, 5.41) is 14.5. The van der Waals surface area contributed by atoms with Crippen LogP contribution in [0.2, 0.25) is 0 Å². The van der Waals surface area contributed by atoms with Crippen molar-refractivity contribution in [2.75, 3.05) is 0 Å². The number of aryl methyl sites for hydroxylation is 3. The summed E-state index contributed by atoms with van der Waals surface area (Å²) < 4.78 is 1.30. The summed E-state index contributed by atoms with van der Waals surface area (Å²) in [6, 6.07) is 7.55. The van der Waals surface area contributed by atoms with Crippen molar-refractivity contribution in [3.8, 4) is 16.9 Å². The zero-order chi connectivity index (χ0) is 14.0. The van der Waals surface area contributed by atoms with Gasteiger partial charge in [-0.05, 0) is 24.5 Å². The number of nitrogens with zero attached hydrogens (tertiary/aromatic N) is 2. The molecule has 1 aromatic carbocycles. The van der Waals surface area contributed by atoms with Gasteiger partial charge in [-0.15, -0.1) is 0 Å². The fraction of sp³-hybridized carbons (Fsp3) is 0.333. The van der Waals surface area contributed by atoms with Crippen LogP contribution in [0, 0.1) is 6.92 Å². The standard InChI is InChI=1S/C15H18N2O2/c1-4-7-12-14(18)13(15(19)17(3)16-12)11-9-6-5-8-10(11)2/h5-6,8-9,18H,4,7H2,1-3H3. The highest BCUT2D eigenvalue weighted by atomic mass is 16.3. The van der Waals surface area contributed by atoms with E-state index in [1.165, 1.54) is 4.68 Å². The third-order valence-electron chi connectivity index (χ3n) is 3.19. The molecule has 0 fully saturated rings. The maximum absolute atomic E-state index is 12.2. The number of hydrogen-bond acceptors (Lipinski definition) is 3. The van der Waals surface area contributed by atoms with Crippen molar-refractivity contribution >= 4 is 0 Å². The molecule has 0 saturated heterocycles. The molecule has 0 amide bonds. The molecule has 0 aliphatic rings. The third kappa shape index (κ3) is 2.38. The second kappa shape index (κ2) is 5.26. The number of aromatic nitrogens is 2. The lowest BCUT2D eigenvalue weighted by Gasteiger charge is -2.12. The summed E-state index contributed by atoms with van der Waals surface area (Å²) >= 11 is 0. The first-order valence-electron chi connectivity index (χ1n) is 6.41. The third-order valence-corrected chi connectivity index (χ3v) is 3.19. The van der Waals surface area contributed by atoms with Gasteiger partial charge in [0.1, 0.15) is 5.69 Å². The zero-order valence-corrected chi connectivity index (χ0v) is 11.5. The Morgan fingerprint density at radius 1 is 1.32 bits per heavy atom. The highest BCUT2D eigenvalue weighted by Crippen LogP contribution is 2.30. The fourth-order valence-corrected chi connectivity index (χ4v) is 2.18. The molecule has 0 radical (unpaired) electrons. The van der Waals surface area contributed by atoms with E-state index in [1.807, 2.05) is 38.1 Å². The Balaban J connectivity index is 2.76. The van der Waals surface area contributed by atoms with Gasteiger partial charge in [-0.2, -0.15) is 5.10 Å². The molecule has 1 N–H and O–H groups in total. The predicted molar refractivity (Wildman–Crippen MR) is 75.3 cm³/mol. The summed E-state index contributed by atoms with van der Waals surface area (Å²) in [6.45, 7) is 3.94. The molecule has 0 aliphatic heterocycles. The second-order valence-electron chi connectivity index (χ2n) is 4.66. The van der Waals surface area contributed by atoms with Gasteiger partial charge in [0, 0.05) is 7.05 Å². The maximum atomic E-state index is 12.2. The Morgan fingerprint density at radius 2 is 2.00 bits per heavy atom. The minimum absolute atomic E-state index is 0.0132. The molecule has 0 saturated carbocycles. The van der Waals surface area contributed by atoms with E-state index in [4.69, 9.17) is 0 Å². The van der Waals surface area contributed by atoms with Crippen molar-refractivity contribution < 1.29 is 5.11 Å². The van der Waals surface area contributed by atoms with E-state index in [9.17, 15) is 9.90 Å². The highest BCUT2D eigenvalue weighted by molar-refractivity contribution is 5.72. The molecule has 19 heavy (non-hydrogen) atoms. The van der Waals surface area contributed by atoms with Gasteiger partial charge in [0.15, 0.2) is 5.75 Å². The summed E-state index contributed by atoms with van der Waals surface area (Å²) in [4.78, 5) is 12.2. The molecule has 0 aliphatic carbocycles. The van der Waals surface area contributed by atoms with Gasteiger partial charge >= 0.3 is 0 Å². The monoisotopic (exact) mass is 258 g/mol. The van der Waals surface area contributed by atoms with Crippen molar-refractivity contribution in [3.63, 3.8) is 0 Å². The maximum Gasteiger partial charge on any atom is 0.278 e. The Hall–Kier alpha value is -2.10. The van der Waals surface area contributed by atoms with E-state index in [0.29, 0.717) is 17.7 Å². The van der Waals surface area contributed by atoms with Gasteiger partial charge in [-0.3, -0.25) is 4.79 Å². The van der Waals surface area contributed by atoms with E-state index >= 15 is 0 Å². The summed E-state index contributed by atoms with van der Waals surface area (Å²) in [5.41, 5.74) is 2.37. The van der Waals surface area contributed by atoms with Crippen LogP contribution in [0.1, 0.15) is 24.6 Å². The first-order valence-corrected chi connectivity index (χ1v) is 6.41. The van der Waals surface area contributed by atoms with Crippen LogP contribution in [0.25, 0.3) is 11.1 Å². The average Bonchev–Trinajstić information content (AvgIpc) is 2.38. The van der Waals surface area contributed by atoms with Crippen LogP contribution in [-0.4, -0.2) is 14.9 Å². The lowest BCUT2D eigenvalue weighted by molar-refractivity contribution is 0.455. The van der Waals surface area contributed by atoms with Gasteiger partial charge in [0.2, 0.25) is 0 Å². The van der Waals surface area contributed by atoms with E-state index in [2.05, 4.69) is 5.10 Å². The lowest BCUT2D eigenvalue weighted by atomic mass is 10.00. The van der Waals surface area contributed by atoms with Crippen LogP contribution < -0.4 is 5.56 Å². The Kier molecular flexibility index (Phi) is 3.69. The normalized spacial score (nSPS) is 10.7. The molecular weight excluding hydrogens is 240 g/mol. The van der Waals surface area contributed by atoms with Crippen molar-refractivity contribution in [1.82, 2.24) is 9.78 Å². The van der Waals surface area contributed by atoms with Crippen molar-refractivity contribution in [3.05, 3.63) is 45.9 Å². The number of aromatic hydroxyl groups is 1. The summed E-state index contributed by atoms with van der Waals surface area (Å²) in [5.74, 6) is 0.0132. The predicted octanol–water partition coefficient (Wildman–Crippen LogP) is 2.41. The quantitative estimate of drug-likeness (QED) is 0.919. The average molecular weight is 258 g/mol. The number of benzene rings is 1. The molecule has 0 bridgehead atoms. The molecule has 100 valence electrons. The largest absolute Gasteiger partial charge is 0.505 e. The van der Waals surface area contributed by atoms with Crippen LogP contribution in [-0.2, 0) is 13.5 Å². The molecule has 4 heteroatoms. The van der Waals surface area contributed by atoms with Crippen LogP contribution in [0.15, 0.2) is 29.1 Å². The fourth-order valence-electron chi connectivity index (χ4n) is 2.18. The first-order chi connectivity index (χ1) is 9.06. The summed E-state index contributed by atoms with van der Waals surface area (Å²) in [7, 11) is 1.61. The van der Waals surface area contributed by atoms with Crippen LogP contribution in [0.3, 0.4) is 0 Å². The van der Waals surface area contributed by atoms with E-state index in [-0.39, 0.29) is 11.3 Å². The molecule has 2 aromatic rings. The topological polar surface area (TPSA) is 55.1 Å². The molecular formula is C15H18N2O2. The van der Waals surface area contributed by atoms with E-state index < -0.39 is 0 Å². The van der Waals surface area contributed by atoms with Crippen molar-refractivity contribution in [1.29, 1.82) is 0 Å². The van der Waals surface area contributed by atoms with Gasteiger partial charge in [-0.25, -0.2) is 4.68 Å². The lowest BCUT2D eigenvalue weighted by Crippen LogP contribution is -2.23. The summed E-state index contributed by atoms with van der Waals surface area (Å²) in [6.07, 6.45) is 1.52. The molecule has 0 unspecified atom stereocenters. The molecule has 0 spiro atoms. The van der Waals surface area contributed by atoms with E-state index in [1.54, 1.807) is 7.05 Å². The van der Waals surface area contributed by atoms with Crippen LogP contribution in [0.5, 0.6) is 5.75 Å². The smallest absolute Gasteiger partial charge is 0.278 e. The highest BCUT2D eigenvalue weighted by Gasteiger charge is 2.17. The Labute approximate surface area is 112 Å². The minimum atomic E-state index is -0.272. The van der Waals surface area contributed by atoms with Gasteiger partial charge < -0.3 is 5.11 Å². The first kappa shape index (κ1) is 13.3. The number of rotatable bonds is 3. The SMILES string of the molecule is CCCc1nn(C)c(=O)c(-c2ccccc2C)c1O. The van der Waals surface area contributed by atoms with E-state index in [0.717, 1.165) is 17.5 Å². The molecule has 1 aromatic heterocycles. The van der Waals surface area contributed by atoms with Crippen molar-refractivity contribution in [2.24, 2.45) is 7.05 Å².